The molecule has 1 aromatic heterocycles. The van der Waals surface area contributed by atoms with E-state index < -0.39 is 0 Å². The Morgan fingerprint density at radius 1 is 1.18 bits per heavy atom. The van der Waals surface area contributed by atoms with Crippen molar-refractivity contribution >= 4 is 5.95 Å². The van der Waals surface area contributed by atoms with E-state index in [9.17, 15) is 0 Å². The molecule has 0 fully saturated rings. The molecular formula is C12H13N3O2. The Morgan fingerprint density at radius 2 is 1.94 bits per heavy atom. The second-order valence-corrected chi connectivity index (χ2v) is 3.39. The summed E-state index contributed by atoms with van der Waals surface area (Å²) in [5.41, 5.74) is 6.48. The van der Waals surface area contributed by atoms with Gasteiger partial charge in [-0.15, -0.1) is 0 Å². The maximum absolute atomic E-state index is 5.47. The number of nitrogens with zero attached hydrogens (tertiary/aromatic N) is 2. The summed E-state index contributed by atoms with van der Waals surface area (Å²) in [5.74, 6) is 1.49. The van der Waals surface area contributed by atoms with Crippen molar-refractivity contribution in [3.05, 3.63) is 42.1 Å². The van der Waals surface area contributed by atoms with Gasteiger partial charge in [-0.1, -0.05) is 12.1 Å². The average Bonchev–Trinajstić information content (AvgIpc) is 2.37. The highest BCUT2D eigenvalue weighted by Gasteiger charge is 1.99. The number of ether oxygens (including phenoxy) is 2. The molecule has 5 nitrogen and oxygen atoms in total. The molecule has 2 rings (SSSR count). The van der Waals surface area contributed by atoms with Crippen LogP contribution < -0.4 is 15.2 Å². The van der Waals surface area contributed by atoms with E-state index in [1.807, 2.05) is 24.3 Å². The van der Waals surface area contributed by atoms with Gasteiger partial charge < -0.3 is 15.2 Å². The molecule has 0 saturated heterocycles. The molecule has 0 aliphatic heterocycles. The Hall–Kier alpha value is -2.30. The van der Waals surface area contributed by atoms with Gasteiger partial charge in [0.2, 0.25) is 11.8 Å². The summed E-state index contributed by atoms with van der Waals surface area (Å²) in [6.45, 7) is 0.431. The molecule has 0 amide bonds. The average molecular weight is 231 g/mol. The first kappa shape index (κ1) is 11.2. The molecule has 17 heavy (non-hydrogen) atoms. The Kier molecular flexibility index (Phi) is 3.40. The van der Waals surface area contributed by atoms with Crippen LogP contribution in [-0.4, -0.2) is 17.1 Å². The molecule has 0 saturated carbocycles. The summed E-state index contributed by atoms with van der Waals surface area (Å²) in [7, 11) is 1.63. The number of nitrogen functional groups attached to an aromatic ring is 1. The van der Waals surface area contributed by atoms with Crippen LogP contribution in [0.2, 0.25) is 0 Å². The summed E-state index contributed by atoms with van der Waals surface area (Å²) in [4.78, 5) is 7.73. The number of aromatic nitrogens is 2. The Bertz CT molecular complexity index is 485. The van der Waals surface area contributed by atoms with Gasteiger partial charge in [0.15, 0.2) is 0 Å². The molecule has 0 aliphatic carbocycles. The SMILES string of the molecule is COc1ccc(COc2ccnc(N)n2)cc1. The van der Waals surface area contributed by atoms with E-state index in [-0.39, 0.29) is 5.95 Å². The molecule has 88 valence electrons. The molecule has 2 N–H and O–H groups in total. The number of rotatable bonds is 4. The highest BCUT2D eigenvalue weighted by Crippen LogP contribution is 2.13. The lowest BCUT2D eigenvalue weighted by molar-refractivity contribution is 0.293. The van der Waals surface area contributed by atoms with Crippen molar-refractivity contribution in [1.82, 2.24) is 9.97 Å². The lowest BCUT2D eigenvalue weighted by atomic mass is 10.2. The van der Waals surface area contributed by atoms with Crippen molar-refractivity contribution in [3.8, 4) is 11.6 Å². The van der Waals surface area contributed by atoms with Gasteiger partial charge in [0.05, 0.1) is 7.11 Å². The van der Waals surface area contributed by atoms with Crippen molar-refractivity contribution in [3.63, 3.8) is 0 Å². The maximum Gasteiger partial charge on any atom is 0.223 e. The van der Waals surface area contributed by atoms with Crippen molar-refractivity contribution in [1.29, 1.82) is 0 Å². The highest BCUT2D eigenvalue weighted by molar-refractivity contribution is 5.27. The number of hydrogen-bond donors (Lipinski definition) is 1. The quantitative estimate of drug-likeness (QED) is 0.866. The fraction of sp³-hybridized carbons (Fsp3) is 0.167. The molecule has 1 aromatic carbocycles. The second kappa shape index (κ2) is 5.16. The first-order chi connectivity index (χ1) is 8.28. The first-order valence-corrected chi connectivity index (χ1v) is 5.12. The van der Waals surface area contributed by atoms with Crippen LogP contribution in [0.15, 0.2) is 36.5 Å². The number of benzene rings is 1. The number of anilines is 1. The van der Waals surface area contributed by atoms with Crippen molar-refractivity contribution in [2.75, 3.05) is 12.8 Å². The zero-order valence-corrected chi connectivity index (χ0v) is 9.46. The van der Waals surface area contributed by atoms with Crippen LogP contribution in [0.3, 0.4) is 0 Å². The van der Waals surface area contributed by atoms with Crippen LogP contribution in [0.1, 0.15) is 5.56 Å². The third kappa shape index (κ3) is 3.07. The van der Waals surface area contributed by atoms with Gasteiger partial charge in [-0.2, -0.15) is 4.98 Å². The number of methoxy groups -OCH3 is 1. The van der Waals surface area contributed by atoms with E-state index in [4.69, 9.17) is 15.2 Å². The van der Waals surface area contributed by atoms with E-state index in [0.717, 1.165) is 11.3 Å². The van der Waals surface area contributed by atoms with E-state index in [1.54, 1.807) is 19.4 Å². The van der Waals surface area contributed by atoms with Crippen molar-refractivity contribution in [2.24, 2.45) is 0 Å². The van der Waals surface area contributed by atoms with Gasteiger partial charge in [-0.3, -0.25) is 0 Å². The number of hydrogen-bond acceptors (Lipinski definition) is 5. The summed E-state index contributed by atoms with van der Waals surface area (Å²) in [6, 6.07) is 9.30. The molecule has 0 unspecified atom stereocenters. The van der Waals surface area contributed by atoms with Crippen LogP contribution >= 0.6 is 0 Å². The monoisotopic (exact) mass is 231 g/mol. The molecule has 0 atom stereocenters. The maximum atomic E-state index is 5.47. The highest BCUT2D eigenvalue weighted by atomic mass is 16.5. The zero-order chi connectivity index (χ0) is 12.1. The summed E-state index contributed by atoms with van der Waals surface area (Å²) in [5, 5.41) is 0. The fourth-order valence-corrected chi connectivity index (χ4v) is 1.32. The molecule has 5 heteroatoms. The Labute approximate surface area is 99.2 Å². The van der Waals surface area contributed by atoms with Gasteiger partial charge in [0.1, 0.15) is 12.4 Å². The van der Waals surface area contributed by atoms with Crippen molar-refractivity contribution in [2.45, 2.75) is 6.61 Å². The van der Waals surface area contributed by atoms with E-state index >= 15 is 0 Å². The number of nitrogens with two attached hydrogens (primary N) is 1. The molecule has 0 spiro atoms. The van der Waals surface area contributed by atoms with Crippen LogP contribution in [0.25, 0.3) is 0 Å². The summed E-state index contributed by atoms with van der Waals surface area (Å²) >= 11 is 0. The predicted molar refractivity (Wildman–Crippen MR) is 63.8 cm³/mol. The molecule has 2 aromatic rings. The van der Waals surface area contributed by atoms with Gasteiger partial charge >= 0.3 is 0 Å². The molecular weight excluding hydrogens is 218 g/mol. The third-order valence-electron chi connectivity index (χ3n) is 2.19. The van der Waals surface area contributed by atoms with Crippen molar-refractivity contribution < 1.29 is 9.47 Å². The normalized spacial score (nSPS) is 9.94. The van der Waals surface area contributed by atoms with Crippen LogP contribution in [0.5, 0.6) is 11.6 Å². The van der Waals surface area contributed by atoms with Gasteiger partial charge in [-0.25, -0.2) is 4.98 Å². The third-order valence-corrected chi connectivity index (χ3v) is 2.19. The smallest absolute Gasteiger partial charge is 0.223 e. The van der Waals surface area contributed by atoms with Gasteiger partial charge in [-0.05, 0) is 17.7 Å². The summed E-state index contributed by atoms with van der Waals surface area (Å²) < 4.78 is 10.5. The Morgan fingerprint density at radius 3 is 2.59 bits per heavy atom. The van der Waals surface area contributed by atoms with E-state index in [2.05, 4.69) is 9.97 Å². The predicted octanol–water partition coefficient (Wildman–Crippen LogP) is 1.65. The largest absolute Gasteiger partial charge is 0.497 e. The lowest BCUT2D eigenvalue weighted by Gasteiger charge is -2.06. The Balaban J connectivity index is 1.97. The topological polar surface area (TPSA) is 70.3 Å². The molecule has 0 radical (unpaired) electrons. The standard InChI is InChI=1S/C12H13N3O2/c1-16-10-4-2-9(3-5-10)8-17-11-6-7-14-12(13)15-11/h2-7H,8H2,1H3,(H2,13,14,15). The van der Waals surface area contributed by atoms with Crippen LogP contribution in [-0.2, 0) is 6.61 Å². The van der Waals surface area contributed by atoms with Gasteiger partial charge in [0.25, 0.3) is 0 Å². The second-order valence-electron chi connectivity index (χ2n) is 3.39. The lowest BCUT2D eigenvalue weighted by Crippen LogP contribution is -2.00. The van der Waals surface area contributed by atoms with E-state index in [0.29, 0.717) is 12.5 Å². The van der Waals surface area contributed by atoms with Crippen LogP contribution in [0.4, 0.5) is 5.95 Å². The van der Waals surface area contributed by atoms with Gasteiger partial charge in [0, 0.05) is 12.3 Å². The minimum atomic E-state index is 0.206. The molecule has 1 heterocycles. The minimum absolute atomic E-state index is 0.206. The zero-order valence-electron chi connectivity index (χ0n) is 9.46. The minimum Gasteiger partial charge on any atom is -0.497 e. The fourth-order valence-electron chi connectivity index (χ4n) is 1.32. The van der Waals surface area contributed by atoms with Crippen LogP contribution in [0, 0.1) is 0 Å². The first-order valence-electron chi connectivity index (χ1n) is 5.12. The molecule has 0 aliphatic rings. The summed E-state index contributed by atoms with van der Waals surface area (Å²) in [6.07, 6.45) is 1.56. The molecule has 0 bridgehead atoms. The van der Waals surface area contributed by atoms with E-state index in [1.165, 1.54) is 0 Å².